The molecule has 0 aliphatic carbocycles. The van der Waals surface area contributed by atoms with E-state index in [9.17, 15) is 19.5 Å². The molecule has 0 radical (unpaired) electrons. The predicted molar refractivity (Wildman–Crippen MR) is 77.4 cm³/mol. The quantitative estimate of drug-likeness (QED) is 0.537. The van der Waals surface area contributed by atoms with E-state index in [4.69, 9.17) is 5.73 Å². The maximum absolute atomic E-state index is 12.7. The number of rotatable bonds is 2. The third-order valence-electron chi connectivity index (χ3n) is 4.57. The average molecular weight is 303 g/mol. The van der Waals surface area contributed by atoms with Crippen molar-refractivity contribution in [1.82, 2.24) is 10.2 Å². The van der Waals surface area contributed by atoms with Crippen LogP contribution in [0.2, 0.25) is 0 Å². The fourth-order valence-corrected chi connectivity index (χ4v) is 3.33. The molecule has 2 unspecified atom stereocenters. The summed E-state index contributed by atoms with van der Waals surface area (Å²) < 4.78 is 0. The van der Waals surface area contributed by atoms with Crippen LogP contribution < -0.4 is 11.1 Å². The molecule has 1 saturated heterocycles. The Bertz CT molecular complexity index is 687. The lowest BCUT2D eigenvalue weighted by Gasteiger charge is -2.43. The zero-order valence-corrected chi connectivity index (χ0v) is 12.1. The Morgan fingerprint density at radius 2 is 2.14 bits per heavy atom. The summed E-state index contributed by atoms with van der Waals surface area (Å²) in [6, 6.07) is 4.84. The van der Waals surface area contributed by atoms with Gasteiger partial charge in [0, 0.05) is 17.7 Å². The number of nitrogens with zero attached hydrogens (tertiary/aromatic N) is 1. The molecule has 1 aromatic carbocycles. The molecule has 1 fully saturated rings. The number of imide groups is 1. The molecule has 4 N–H and O–H groups in total. The molecule has 7 heteroatoms. The van der Waals surface area contributed by atoms with Crippen molar-refractivity contribution in [2.75, 3.05) is 5.73 Å². The number of amides is 3. The van der Waals surface area contributed by atoms with E-state index in [1.54, 1.807) is 25.1 Å². The van der Waals surface area contributed by atoms with E-state index in [0.29, 0.717) is 12.0 Å². The normalized spacial score (nSPS) is 27.8. The van der Waals surface area contributed by atoms with Gasteiger partial charge in [0.15, 0.2) is 6.23 Å². The van der Waals surface area contributed by atoms with Gasteiger partial charge in [-0.25, -0.2) is 0 Å². The second kappa shape index (κ2) is 4.81. The summed E-state index contributed by atoms with van der Waals surface area (Å²) in [6.45, 7) is 1.75. The number of nitrogen functional groups attached to an aromatic ring is 1. The molecule has 2 aliphatic heterocycles. The second-order valence-corrected chi connectivity index (χ2v) is 5.62. The molecule has 2 heterocycles. The van der Waals surface area contributed by atoms with Gasteiger partial charge in [-0.3, -0.25) is 24.6 Å². The van der Waals surface area contributed by atoms with E-state index in [2.05, 4.69) is 5.32 Å². The maximum Gasteiger partial charge on any atom is 0.259 e. The van der Waals surface area contributed by atoms with Gasteiger partial charge < -0.3 is 10.8 Å². The van der Waals surface area contributed by atoms with Crippen LogP contribution in [0.4, 0.5) is 5.69 Å². The number of nitrogens with one attached hydrogen (secondary N) is 1. The third kappa shape index (κ3) is 1.75. The zero-order chi connectivity index (χ0) is 16.1. The van der Waals surface area contributed by atoms with Crippen LogP contribution in [0, 0.1) is 0 Å². The summed E-state index contributed by atoms with van der Waals surface area (Å²) in [6.07, 6.45) is -0.639. The van der Waals surface area contributed by atoms with Crippen LogP contribution in [0.5, 0.6) is 0 Å². The minimum atomic E-state index is -1.25. The average Bonchev–Trinajstić information content (AvgIpc) is 2.74. The fourth-order valence-electron chi connectivity index (χ4n) is 3.33. The number of anilines is 1. The Labute approximate surface area is 127 Å². The van der Waals surface area contributed by atoms with Crippen LogP contribution in [-0.2, 0) is 9.59 Å². The van der Waals surface area contributed by atoms with E-state index in [-0.39, 0.29) is 30.0 Å². The topological polar surface area (TPSA) is 113 Å². The van der Waals surface area contributed by atoms with Crippen LogP contribution in [0.3, 0.4) is 0 Å². The maximum atomic E-state index is 12.7. The van der Waals surface area contributed by atoms with Gasteiger partial charge in [0.25, 0.3) is 11.8 Å². The zero-order valence-electron chi connectivity index (χ0n) is 12.1. The van der Waals surface area contributed by atoms with Gasteiger partial charge in [-0.1, -0.05) is 19.1 Å². The molecule has 116 valence electrons. The van der Waals surface area contributed by atoms with E-state index < -0.39 is 23.6 Å². The number of hydrogen-bond donors (Lipinski definition) is 3. The van der Waals surface area contributed by atoms with Crippen LogP contribution >= 0.6 is 0 Å². The Morgan fingerprint density at radius 3 is 2.73 bits per heavy atom. The first-order valence-electron chi connectivity index (χ1n) is 7.17. The highest BCUT2D eigenvalue weighted by atomic mass is 16.3. The van der Waals surface area contributed by atoms with Crippen molar-refractivity contribution >= 4 is 23.4 Å². The van der Waals surface area contributed by atoms with Crippen LogP contribution in [0.1, 0.15) is 48.3 Å². The summed E-state index contributed by atoms with van der Waals surface area (Å²) in [5.41, 5.74) is 5.49. The van der Waals surface area contributed by atoms with Gasteiger partial charge in [-0.2, -0.15) is 0 Å². The number of hydrogen-bond acceptors (Lipinski definition) is 5. The molecule has 0 spiro atoms. The number of benzene rings is 1. The van der Waals surface area contributed by atoms with Crippen LogP contribution in [0.25, 0.3) is 0 Å². The molecular formula is C15H17N3O4. The fraction of sp³-hybridized carbons (Fsp3) is 0.400. The number of nitrogens with two attached hydrogens (primary N) is 1. The molecule has 0 saturated carbocycles. The van der Waals surface area contributed by atoms with Gasteiger partial charge in [-0.05, 0) is 18.9 Å². The molecule has 3 rings (SSSR count). The molecule has 7 nitrogen and oxygen atoms in total. The van der Waals surface area contributed by atoms with Crippen LogP contribution in [0.15, 0.2) is 18.2 Å². The van der Waals surface area contributed by atoms with Gasteiger partial charge in [0.05, 0.1) is 5.56 Å². The SMILES string of the molecule is CCC1(N2C(=O)c3c(N)cccc3C2O)CCC(=O)NC1=O. The van der Waals surface area contributed by atoms with Crippen molar-refractivity contribution in [3.05, 3.63) is 29.3 Å². The standard InChI is InChI=1S/C15H17N3O4/c1-2-15(7-6-10(19)17-14(15)22)18-12(20)8-4-3-5-9(16)11(8)13(18)21/h3-5,12,20H,2,6-7,16H2,1H3,(H,17,19,22). The van der Waals surface area contributed by atoms with Gasteiger partial charge in [-0.15, -0.1) is 0 Å². The Hall–Kier alpha value is -2.41. The number of fused-ring (bicyclic) bond motifs is 1. The van der Waals surface area contributed by atoms with Crippen molar-refractivity contribution in [3.8, 4) is 0 Å². The molecule has 3 amide bonds. The molecule has 2 aliphatic rings. The first-order valence-corrected chi connectivity index (χ1v) is 7.17. The highest BCUT2D eigenvalue weighted by Gasteiger charge is 2.54. The van der Waals surface area contributed by atoms with Crippen molar-refractivity contribution < 1.29 is 19.5 Å². The van der Waals surface area contributed by atoms with Gasteiger partial charge in [0.1, 0.15) is 5.54 Å². The largest absolute Gasteiger partial charge is 0.398 e. The summed E-state index contributed by atoms with van der Waals surface area (Å²) in [4.78, 5) is 37.7. The summed E-state index contributed by atoms with van der Waals surface area (Å²) >= 11 is 0. The third-order valence-corrected chi connectivity index (χ3v) is 4.57. The lowest BCUT2D eigenvalue weighted by Crippen LogP contribution is -2.63. The second-order valence-electron chi connectivity index (χ2n) is 5.62. The molecule has 2 atom stereocenters. The van der Waals surface area contributed by atoms with E-state index in [0.717, 1.165) is 4.90 Å². The Kier molecular flexibility index (Phi) is 3.17. The smallest absolute Gasteiger partial charge is 0.259 e. The summed E-state index contributed by atoms with van der Waals surface area (Å²) in [5, 5.41) is 12.8. The van der Waals surface area contributed by atoms with Crippen molar-refractivity contribution in [2.24, 2.45) is 0 Å². The van der Waals surface area contributed by atoms with Gasteiger partial charge >= 0.3 is 0 Å². The molecule has 1 aromatic rings. The monoisotopic (exact) mass is 303 g/mol. The van der Waals surface area contributed by atoms with Crippen molar-refractivity contribution in [1.29, 1.82) is 0 Å². The minimum absolute atomic E-state index is 0.127. The first kappa shape index (κ1) is 14.5. The van der Waals surface area contributed by atoms with E-state index in [1.165, 1.54) is 0 Å². The van der Waals surface area contributed by atoms with E-state index in [1.807, 2.05) is 0 Å². The summed E-state index contributed by atoms with van der Waals surface area (Å²) in [7, 11) is 0. The highest BCUT2D eigenvalue weighted by Crippen LogP contribution is 2.43. The Morgan fingerprint density at radius 1 is 1.41 bits per heavy atom. The summed E-state index contributed by atoms with van der Waals surface area (Å²) in [5.74, 6) is -1.40. The molecule has 0 bridgehead atoms. The Balaban J connectivity index is 2.09. The lowest BCUT2D eigenvalue weighted by molar-refractivity contribution is -0.148. The predicted octanol–water partition coefficient (Wildman–Crippen LogP) is 0.301. The number of carbonyl (C=O) groups excluding carboxylic acids is 3. The first-order chi connectivity index (χ1) is 10.4. The van der Waals surface area contributed by atoms with Gasteiger partial charge in [0.2, 0.25) is 5.91 Å². The lowest BCUT2D eigenvalue weighted by atomic mass is 9.84. The molecular weight excluding hydrogens is 286 g/mol. The van der Waals surface area contributed by atoms with Crippen molar-refractivity contribution in [2.45, 2.75) is 38.0 Å². The van der Waals surface area contributed by atoms with Crippen molar-refractivity contribution in [3.63, 3.8) is 0 Å². The highest BCUT2D eigenvalue weighted by molar-refractivity contribution is 6.09. The number of aliphatic hydroxyl groups excluding tert-OH is 1. The minimum Gasteiger partial charge on any atom is -0.398 e. The number of carbonyl (C=O) groups is 3. The number of aliphatic hydroxyl groups is 1. The molecule has 0 aromatic heterocycles. The van der Waals surface area contributed by atoms with Crippen LogP contribution in [-0.4, -0.2) is 33.3 Å². The molecule has 22 heavy (non-hydrogen) atoms. The van der Waals surface area contributed by atoms with E-state index >= 15 is 0 Å². The number of piperidine rings is 1.